The lowest BCUT2D eigenvalue weighted by Crippen LogP contribution is -2.29. The van der Waals surface area contributed by atoms with Crippen molar-refractivity contribution < 1.29 is 43.0 Å². The maximum absolute atomic E-state index is 12.4. The van der Waals surface area contributed by atoms with Gasteiger partial charge in [0.2, 0.25) is 0 Å². The molecule has 0 amide bonds. The van der Waals surface area contributed by atoms with E-state index in [4.69, 9.17) is 19.3 Å². The number of aliphatic hydroxyl groups is 1. The number of hydrogen-bond acceptors (Lipinski definition) is 7. The van der Waals surface area contributed by atoms with Gasteiger partial charge < -0.3 is 24.4 Å². The van der Waals surface area contributed by atoms with Crippen LogP contribution in [0, 0.1) is 0 Å². The van der Waals surface area contributed by atoms with E-state index < -0.39 is 38.6 Å². The molecule has 0 bridgehead atoms. The zero-order valence-corrected chi connectivity index (χ0v) is 36.7. The summed E-state index contributed by atoms with van der Waals surface area (Å²) in [5.74, 6) is -1.09. The van der Waals surface area contributed by atoms with Crippen molar-refractivity contribution in [2.45, 2.75) is 199 Å². The molecule has 0 spiro atoms. The summed E-state index contributed by atoms with van der Waals surface area (Å²) in [7, 11) is -4.81. The molecule has 0 aromatic carbocycles. The fourth-order valence-corrected chi connectivity index (χ4v) is 6.35. The van der Waals surface area contributed by atoms with E-state index in [9.17, 15) is 19.3 Å². The van der Waals surface area contributed by atoms with Crippen molar-refractivity contribution in [2.24, 2.45) is 0 Å². The highest BCUT2D eigenvalue weighted by atomic mass is 31.2. The fraction of sp³-hybridized carbons (Fsp3) is 0.702. The largest absolute Gasteiger partial charge is 0.469 e. The van der Waals surface area contributed by atoms with Gasteiger partial charge in [-0.25, -0.2) is 4.57 Å². The van der Waals surface area contributed by atoms with Crippen molar-refractivity contribution in [1.82, 2.24) is 0 Å². The Bertz CT molecular complexity index is 1170. The van der Waals surface area contributed by atoms with Crippen LogP contribution in [0.15, 0.2) is 72.9 Å². The molecule has 1 unspecified atom stereocenters. The number of carbonyl (C=O) groups is 2. The first kappa shape index (κ1) is 54.5. The molecule has 0 aliphatic rings. The maximum atomic E-state index is 12.4. The van der Waals surface area contributed by atoms with Crippen LogP contribution in [0.1, 0.15) is 187 Å². The summed E-state index contributed by atoms with van der Waals surface area (Å²) < 4.78 is 26.3. The zero-order valence-electron chi connectivity index (χ0n) is 35.8. The summed E-state index contributed by atoms with van der Waals surface area (Å²) in [4.78, 5) is 42.9. The number of carbonyl (C=O) groups excluding carboxylic acids is 2. The Morgan fingerprint density at radius 3 is 1.60 bits per heavy atom. The van der Waals surface area contributed by atoms with Crippen molar-refractivity contribution in [3.63, 3.8) is 0 Å². The summed E-state index contributed by atoms with van der Waals surface area (Å²) in [6, 6.07) is 0. The van der Waals surface area contributed by atoms with Crippen LogP contribution in [0.4, 0.5) is 0 Å². The van der Waals surface area contributed by atoms with Crippen LogP contribution in [0.2, 0.25) is 0 Å². The molecule has 0 heterocycles. The van der Waals surface area contributed by atoms with Crippen LogP contribution in [0.5, 0.6) is 0 Å². The highest BCUT2D eigenvalue weighted by Gasteiger charge is 2.23. The SMILES string of the molecule is CC/C=C\C/C=C\C/C=C\C/C=C\C=C\C(O)CCCC(=O)OC[C@H](COP(=O)(O)O)OC(=O)CCCCCCCCCCCCC/C=C\CCCCCCCC. The molecule has 2 atom stereocenters. The van der Waals surface area contributed by atoms with E-state index in [-0.39, 0.29) is 19.4 Å². The first-order valence-electron chi connectivity index (χ1n) is 22.3. The van der Waals surface area contributed by atoms with E-state index in [0.29, 0.717) is 19.3 Å². The fourth-order valence-electron chi connectivity index (χ4n) is 5.98. The third-order valence-corrected chi connectivity index (χ3v) is 9.80. The van der Waals surface area contributed by atoms with Gasteiger partial charge in [0.1, 0.15) is 6.61 Å². The third kappa shape index (κ3) is 44.4. The normalized spacial score (nSPS) is 13.7. The molecule has 0 radical (unpaired) electrons. The van der Waals surface area contributed by atoms with E-state index in [1.807, 2.05) is 12.2 Å². The zero-order chi connectivity index (χ0) is 41.9. The van der Waals surface area contributed by atoms with Gasteiger partial charge in [0.15, 0.2) is 6.10 Å². The van der Waals surface area contributed by atoms with Crippen LogP contribution in [0.25, 0.3) is 0 Å². The summed E-state index contributed by atoms with van der Waals surface area (Å²) in [6.07, 6.45) is 50.9. The minimum Gasteiger partial charge on any atom is -0.462 e. The number of esters is 2. The molecular formula is C47H81O9P. The van der Waals surface area contributed by atoms with Gasteiger partial charge in [0.25, 0.3) is 0 Å². The quantitative estimate of drug-likeness (QED) is 0.0181. The molecule has 0 aromatic heterocycles. The number of unbranched alkanes of at least 4 members (excludes halogenated alkanes) is 17. The number of ether oxygens (including phenoxy) is 2. The second-order valence-corrected chi connectivity index (χ2v) is 16.1. The Hall–Kier alpha value is -2.55. The standard InChI is InChI=1S/C47H81O9P/c1-3-5-7-9-11-13-15-17-18-19-20-21-22-23-24-26-28-30-32-34-36-40-47(50)56-45(43-55-57(51,52)53)42-54-46(49)41-37-39-44(48)38-35-33-31-29-27-25-16-14-12-10-8-6-4-2/h6,8,12,14,17-18,25,27,31,33,35,38,44-45,48H,3-5,7,9-11,13,15-16,19-24,26,28-30,32,34,36-37,39-43H2,1-2H3,(H2,51,52,53)/b8-6-,14-12-,18-17-,27-25-,33-31-,38-35+/t44?,45-/m1/s1. The Labute approximate surface area is 347 Å². The lowest BCUT2D eigenvalue weighted by Gasteiger charge is -2.18. The molecule has 9 nitrogen and oxygen atoms in total. The number of phosphoric ester groups is 1. The lowest BCUT2D eigenvalue weighted by atomic mass is 10.0. The van der Waals surface area contributed by atoms with Gasteiger partial charge in [-0.15, -0.1) is 0 Å². The molecule has 328 valence electrons. The van der Waals surface area contributed by atoms with Crippen LogP contribution in [-0.4, -0.2) is 52.3 Å². The second-order valence-electron chi connectivity index (χ2n) is 14.8. The van der Waals surface area contributed by atoms with E-state index >= 15 is 0 Å². The number of aliphatic hydroxyl groups excluding tert-OH is 1. The van der Waals surface area contributed by atoms with Crippen LogP contribution in [0.3, 0.4) is 0 Å². The van der Waals surface area contributed by atoms with Gasteiger partial charge in [-0.1, -0.05) is 177 Å². The first-order chi connectivity index (χ1) is 27.7. The summed E-state index contributed by atoms with van der Waals surface area (Å²) in [5.41, 5.74) is 0. The van der Waals surface area contributed by atoms with E-state index in [1.54, 1.807) is 12.2 Å². The lowest BCUT2D eigenvalue weighted by molar-refractivity contribution is -0.161. The van der Waals surface area contributed by atoms with Crippen LogP contribution in [-0.2, 0) is 28.2 Å². The predicted molar refractivity (Wildman–Crippen MR) is 236 cm³/mol. The molecule has 0 aliphatic carbocycles. The Balaban J connectivity index is 4.05. The molecular weight excluding hydrogens is 739 g/mol. The number of rotatable bonds is 40. The monoisotopic (exact) mass is 821 g/mol. The average Bonchev–Trinajstić information content (AvgIpc) is 3.18. The first-order valence-corrected chi connectivity index (χ1v) is 23.9. The predicted octanol–water partition coefficient (Wildman–Crippen LogP) is 12.8. The van der Waals surface area contributed by atoms with Gasteiger partial charge in [0, 0.05) is 12.8 Å². The molecule has 0 aromatic rings. The maximum Gasteiger partial charge on any atom is 0.469 e. The van der Waals surface area contributed by atoms with E-state index in [1.165, 1.54) is 96.3 Å². The van der Waals surface area contributed by atoms with Gasteiger partial charge >= 0.3 is 19.8 Å². The Morgan fingerprint density at radius 1 is 0.561 bits per heavy atom. The number of phosphoric acid groups is 1. The van der Waals surface area contributed by atoms with Crippen molar-refractivity contribution in [3.8, 4) is 0 Å². The van der Waals surface area contributed by atoms with Gasteiger partial charge in [0.05, 0.1) is 12.7 Å². The van der Waals surface area contributed by atoms with Crippen LogP contribution >= 0.6 is 7.82 Å². The topological polar surface area (TPSA) is 140 Å². The number of allylic oxidation sites excluding steroid dienone is 11. The minimum atomic E-state index is -4.81. The summed E-state index contributed by atoms with van der Waals surface area (Å²) in [5, 5.41) is 10.2. The van der Waals surface area contributed by atoms with E-state index in [0.717, 1.165) is 44.9 Å². The molecule has 10 heteroatoms. The number of hydrogen-bond donors (Lipinski definition) is 3. The minimum absolute atomic E-state index is 0.0339. The summed E-state index contributed by atoms with van der Waals surface area (Å²) >= 11 is 0. The molecule has 0 rings (SSSR count). The molecule has 0 saturated heterocycles. The highest BCUT2D eigenvalue weighted by Crippen LogP contribution is 2.36. The highest BCUT2D eigenvalue weighted by molar-refractivity contribution is 7.46. The van der Waals surface area contributed by atoms with Crippen molar-refractivity contribution in [1.29, 1.82) is 0 Å². The van der Waals surface area contributed by atoms with Gasteiger partial charge in [-0.2, -0.15) is 0 Å². The van der Waals surface area contributed by atoms with Crippen LogP contribution < -0.4 is 0 Å². The van der Waals surface area contributed by atoms with Gasteiger partial charge in [-0.3, -0.25) is 14.1 Å². The molecule has 0 fully saturated rings. The average molecular weight is 821 g/mol. The van der Waals surface area contributed by atoms with E-state index in [2.05, 4.69) is 67.0 Å². The molecule has 0 aliphatic heterocycles. The molecule has 3 N–H and O–H groups in total. The van der Waals surface area contributed by atoms with Crippen molar-refractivity contribution >= 4 is 19.8 Å². The second kappa shape index (κ2) is 41.6. The van der Waals surface area contributed by atoms with Crippen molar-refractivity contribution in [3.05, 3.63) is 72.9 Å². The Morgan fingerprint density at radius 2 is 1.05 bits per heavy atom. The molecule has 57 heavy (non-hydrogen) atoms. The van der Waals surface area contributed by atoms with Gasteiger partial charge in [-0.05, 0) is 70.6 Å². The third-order valence-electron chi connectivity index (χ3n) is 9.31. The Kier molecular flexibility index (Phi) is 39.7. The van der Waals surface area contributed by atoms with Crippen molar-refractivity contribution in [2.75, 3.05) is 13.2 Å². The smallest absolute Gasteiger partial charge is 0.462 e. The summed E-state index contributed by atoms with van der Waals surface area (Å²) in [6.45, 7) is 3.40. The molecule has 0 saturated carbocycles.